The first kappa shape index (κ1) is 24.8. The quantitative estimate of drug-likeness (QED) is 0.502. The van der Waals surface area contributed by atoms with Gasteiger partial charge in [-0.15, -0.1) is 0 Å². The second kappa shape index (κ2) is 12.4. The molecule has 2 rings (SSSR count). The number of hydrogen-bond acceptors (Lipinski definition) is 5. The van der Waals surface area contributed by atoms with Gasteiger partial charge in [0.15, 0.2) is 0 Å². The van der Waals surface area contributed by atoms with Crippen molar-refractivity contribution >= 4 is 11.7 Å². The Morgan fingerprint density at radius 2 is 2.03 bits per heavy atom. The molecule has 2 amide bonds. The molecule has 0 radical (unpaired) electrons. The topological polar surface area (TPSA) is 88.9 Å². The molecule has 0 fully saturated rings. The van der Waals surface area contributed by atoms with Crippen LogP contribution in [0.25, 0.3) is 0 Å². The van der Waals surface area contributed by atoms with Crippen LogP contribution in [0.3, 0.4) is 0 Å². The monoisotopic (exact) mass is 432 g/mol. The number of urea groups is 1. The molecule has 0 aliphatic rings. The summed E-state index contributed by atoms with van der Waals surface area (Å²) in [6.07, 6.45) is 3.16. The first-order valence-electron chi connectivity index (χ1n) is 10.8. The number of carbonyl (C=O) groups excluding carboxylic acids is 1. The van der Waals surface area contributed by atoms with Crippen molar-refractivity contribution in [2.24, 2.45) is 0 Å². The number of nitrogens with one attached hydrogen (secondary N) is 1. The molecule has 1 aromatic carbocycles. The van der Waals surface area contributed by atoms with Crippen LogP contribution in [0.5, 0.6) is 0 Å². The molecule has 0 saturated carbocycles. The Balaban J connectivity index is 1.82. The molecule has 31 heavy (non-hydrogen) atoms. The van der Waals surface area contributed by atoms with E-state index in [1.165, 1.54) is 4.90 Å². The molecule has 1 aromatic heterocycles. The van der Waals surface area contributed by atoms with E-state index >= 15 is 0 Å². The minimum absolute atomic E-state index is 0.150. The fourth-order valence-electron chi connectivity index (χ4n) is 3.13. The Morgan fingerprint density at radius 1 is 1.26 bits per heavy atom. The number of amides is 2. The molecule has 1 heterocycles. The number of carbonyl (C=O) groups is 1. The minimum Gasteiger partial charge on any atom is -0.389 e. The number of benzene rings is 1. The number of rotatable bonds is 12. The summed E-state index contributed by atoms with van der Waals surface area (Å²) in [7, 11) is 1.64. The Bertz CT molecular complexity index is 806. The molecular formula is C23H36N4O4. The molecule has 0 spiro atoms. The van der Waals surface area contributed by atoms with E-state index < -0.39 is 6.10 Å². The Hall–Kier alpha value is -2.42. The number of imidazole rings is 1. The van der Waals surface area contributed by atoms with Gasteiger partial charge in [0.25, 0.3) is 0 Å². The molecule has 0 bridgehead atoms. The van der Waals surface area contributed by atoms with Crippen LogP contribution in [0.1, 0.15) is 45.0 Å². The third-order valence-corrected chi connectivity index (χ3v) is 4.62. The number of aromatic nitrogens is 2. The molecule has 0 aliphatic heterocycles. The van der Waals surface area contributed by atoms with Gasteiger partial charge in [0, 0.05) is 37.6 Å². The zero-order chi connectivity index (χ0) is 22.8. The lowest BCUT2D eigenvalue weighted by Gasteiger charge is -2.21. The second-order valence-electron chi connectivity index (χ2n) is 8.23. The molecule has 8 nitrogen and oxygen atoms in total. The van der Waals surface area contributed by atoms with Crippen molar-refractivity contribution < 1.29 is 19.4 Å². The van der Waals surface area contributed by atoms with Crippen LogP contribution in [0.2, 0.25) is 0 Å². The van der Waals surface area contributed by atoms with Crippen molar-refractivity contribution in [3.8, 4) is 0 Å². The van der Waals surface area contributed by atoms with Crippen molar-refractivity contribution in [2.75, 3.05) is 38.7 Å². The van der Waals surface area contributed by atoms with Gasteiger partial charge in [-0.2, -0.15) is 0 Å². The number of nitrogens with zero attached hydrogens (tertiary/aromatic N) is 3. The van der Waals surface area contributed by atoms with Crippen LogP contribution in [-0.2, 0) is 16.0 Å². The summed E-state index contributed by atoms with van der Waals surface area (Å²) in [5, 5.41) is 13.0. The fraction of sp³-hybridized carbons (Fsp3) is 0.565. The number of aliphatic hydroxyl groups is 1. The predicted octanol–water partition coefficient (Wildman–Crippen LogP) is 3.32. The molecular weight excluding hydrogens is 396 g/mol. The smallest absolute Gasteiger partial charge is 0.321 e. The Kier molecular flexibility index (Phi) is 9.97. The van der Waals surface area contributed by atoms with Crippen molar-refractivity contribution in [3.63, 3.8) is 0 Å². The summed E-state index contributed by atoms with van der Waals surface area (Å²) in [5.41, 5.74) is 1.77. The van der Waals surface area contributed by atoms with Gasteiger partial charge in [-0.05, 0) is 31.5 Å². The second-order valence-corrected chi connectivity index (χ2v) is 8.23. The van der Waals surface area contributed by atoms with Gasteiger partial charge < -0.3 is 29.4 Å². The van der Waals surface area contributed by atoms with Crippen molar-refractivity contribution in [3.05, 3.63) is 48.0 Å². The van der Waals surface area contributed by atoms with Gasteiger partial charge in [0.05, 0.1) is 38.6 Å². The van der Waals surface area contributed by atoms with E-state index in [0.29, 0.717) is 31.4 Å². The van der Waals surface area contributed by atoms with Gasteiger partial charge in [0.1, 0.15) is 5.82 Å². The van der Waals surface area contributed by atoms with Crippen LogP contribution in [0.4, 0.5) is 10.5 Å². The van der Waals surface area contributed by atoms with E-state index in [1.807, 2.05) is 50.5 Å². The number of anilines is 1. The van der Waals surface area contributed by atoms with E-state index in [1.54, 1.807) is 7.05 Å². The number of likely N-dealkylation sites (N-methyl/N-ethyl adjacent to an activating group) is 1. The fourth-order valence-corrected chi connectivity index (χ4v) is 3.13. The zero-order valence-electron chi connectivity index (χ0n) is 19.2. The Morgan fingerprint density at radius 3 is 2.74 bits per heavy atom. The van der Waals surface area contributed by atoms with Gasteiger partial charge in [0.2, 0.25) is 0 Å². The summed E-state index contributed by atoms with van der Waals surface area (Å²) in [5.74, 6) is 1.37. The van der Waals surface area contributed by atoms with Gasteiger partial charge in [-0.3, -0.25) is 0 Å². The van der Waals surface area contributed by atoms with Crippen LogP contribution in [0, 0.1) is 0 Å². The molecule has 8 heteroatoms. The lowest BCUT2D eigenvalue weighted by molar-refractivity contribution is -0.0144. The zero-order valence-corrected chi connectivity index (χ0v) is 19.2. The predicted molar refractivity (Wildman–Crippen MR) is 121 cm³/mol. The van der Waals surface area contributed by atoms with Gasteiger partial charge in [-0.1, -0.05) is 26.0 Å². The standard InChI is InChI=1S/C23H36N4O4/c1-17(2)22-24-9-10-27(22)14-19-7-6-8-20(13-19)25-23(29)26(5)15-21(28)16-30-11-12-31-18(3)4/h6-10,13,17-18,21,28H,11-12,14-16H2,1-5H3,(H,25,29). The third kappa shape index (κ3) is 8.69. The SMILES string of the molecule is CC(C)OCCOCC(O)CN(C)C(=O)Nc1cccc(Cn2ccnc2C(C)C)c1. The summed E-state index contributed by atoms with van der Waals surface area (Å²) in [6.45, 7) is 10.0. The number of ether oxygens (including phenoxy) is 2. The number of hydrogen-bond donors (Lipinski definition) is 2. The van der Waals surface area contributed by atoms with E-state index in [2.05, 4.69) is 28.7 Å². The lowest BCUT2D eigenvalue weighted by Crippen LogP contribution is -2.39. The Labute approximate surface area is 185 Å². The van der Waals surface area contributed by atoms with Crippen molar-refractivity contribution in [1.29, 1.82) is 0 Å². The summed E-state index contributed by atoms with van der Waals surface area (Å²) >= 11 is 0. The van der Waals surface area contributed by atoms with Crippen LogP contribution >= 0.6 is 0 Å². The van der Waals surface area contributed by atoms with E-state index in [0.717, 1.165) is 11.4 Å². The molecule has 2 aromatic rings. The highest BCUT2D eigenvalue weighted by Crippen LogP contribution is 2.16. The van der Waals surface area contributed by atoms with Crippen molar-refractivity contribution in [1.82, 2.24) is 14.5 Å². The first-order chi connectivity index (χ1) is 14.8. The van der Waals surface area contributed by atoms with Crippen LogP contribution in [0.15, 0.2) is 36.7 Å². The third-order valence-electron chi connectivity index (χ3n) is 4.62. The average molecular weight is 433 g/mol. The van der Waals surface area contributed by atoms with Crippen LogP contribution in [-0.4, -0.2) is 71.2 Å². The molecule has 2 N–H and O–H groups in total. The summed E-state index contributed by atoms with van der Waals surface area (Å²) < 4.78 is 12.9. The van der Waals surface area contributed by atoms with Gasteiger partial charge in [-0.25, -0.2) is 9.78 Å². The normalized spacial score (nSPS) is 12.4. The first-order valence-corrected chi connectivity index (χ1v) is 10.8. The lowest BCUT2D eigenvalue weighted by atomic mass is 10.1. The van der Waals surface area contributed by atoms with E-state index in [4.69, 9.17) is 9.47 Å². The maximum absolute atomic E-state index is 12.5. The largest absolute Gasteiger partial charge is 0.389 e. The minimum atomic E-state index is -0.767. The van der Waals surface area contributed by atoms with Crippen LogP contribution < -0.4 is 5.32 Å². The summed E-state index contributed by atoms with van der Waals surface area (Å²) in [4.78, 5) is 18.4. The highest BCUT2D eigenvalue weighted by molar-refractivity contribution is 5.89. The molecule has 1 atom stereocenters. The molecule has 0 saturated heterocycles. The van der Waals surface area contributed by atoms with E-state index in [9.17, 15) is 9.90 Å². The maximum Gasteiger partial charge on any atom is 0.321 e. The van der Waals surface area contributed by atoms with Gasteiger partial charge >= 0.3 is 6.03 Å². The molecule has 1 unspecified atom stereocenters. The van der Waals surface area contributed by atoms with Crippen molar-refractivity contribution in [2.45, 2.75) is 52.4 Å². The summed E-state index contributed by atoms with van der Waals surface area (Å²) in [6, 6.07) is 7.45. The average Bonchev–Trinajstić information content (AvgIpc) is 3.16. The molecule has 0 aliphatic carbocycles. The molecule has 172 valence electrons. The van der Waals surface area contributed by atoms with E-state index in [-0.39, 0.29) is 25.3 Å². The highest BCUT2D eigenvalue weighted by atomic mass is 16.5. The maximum atomic E-state index is 12.5. The number of aliphatic hydroxyl groups excluding tert-OH is 1. The highest BCUT2D eigenvalue weighted by Gasteiger charge is 2.15.